The van der Waals surface area contributed by atoms with E-state index in [9.17, 15) is 19.0 Å². The molecule has 9 nitrogen and oxygen atoms in total. The molecule has 1 saturated heterocycles. The maximum atomic E-state index is 14.6. The first-order valence-corrected chi connectivity index (χ1v) is 12.5. The lowest BCUT2D eigenvalue weighted by molar-refractivity contribution is -0.214. The zero-order valence-corrected chi connectivity index (χ0v) is 20.6. The molecule has 2 aromatic rings. The van der Waals surface area contributed by atoms with Crippen LogP contribution in [-0.4, -0.2) is 93.2 Å². The second-order valence-corrected chi connectivity index (χ2v) is 10.2. The lowest BCUT2D eigenvalue weighted by Gasteiger charge is -2.44. The Morgan fingerprint density at radius 2 is 1.94 bits per heavy atom. The summed E-state index contributed by atoms with van der Waals surface area (Å²) in [6, 6.07) is 2.15. The Morgan fingerprint density at radius 1 is 1.17 bits per heavy atom. The Balaban J connectivity index is 1.39. The molecule has 36 heavy (non-hydrogen) atoms. The monoisotopic (exact) mass is 505 g/mol. The van der Waals surface area contributed by atoms with E-state index >= 15 is 0 Å². The van der Waals surface area contributed by atoms with Crippen LogP contribution in [0.2, 0.25) is 0 Å². The van der Waals surface area contributed by atoms with Gasteiger partial charge < -0.3 is 24.6 Å². The van der Waals surface area contributed by atoms with Crippen LogP contribution >= 0.6 is 0 Å². The van der Waals surface area contributed by atoms with Gasteiger partial charge in [-0.1, -0.05) is 30.5 Å². The largest absolute Gasteiger partial charge is 0.394 e. The van der Waals surface area contributed by atoms with E-state index in [1.807, 2.05) is 6.34 Å². The molecule has 0 bridgehead atoms. The molecule has 1 saturated carbocycles. The number of methoxy groups -OCH3 is 1. The van der Waals surface area contributed by atoms with Crippen LogP contribution in [0.15, 0.2) is 23.3 Å². The van der Waals surface area contributed by atoms with Crippen molar-refractivity contribution in [1.29, 1.82) is 0 Å². The van der Waals surface area contributed by atoms with Crippen LogP contribution in [0.25, 0.3) is 11.3 Å². The van der Waals surface area contributed by atoms with E-state index in [0.29, 0.717) is 6.54 Å². The second kappa shape index (κ2) is 10.1. The number of ether oxygens (including phenoxy) is 2. The van der Waals surface area contributed by atoms with Crippen molar-refractivity contribution in [1.82, 2.24) is 19.9 Å². The molecule has 0 amide bonds. The first-order valence-electron chi connectivity index (χ1n) is 12.5. The van der Waals surface area contributed by atoms with E-state index < -0.39 is 48.7 Å². The van der Waals surface area contributed by atoms with Crippen molar-refractivity contribution in [3.63, 3.8) is 0 Å². The molecule has 196 valence electrons. The van der Waals surface area contributed by atoms with E-state index in [1.54, 1.807) is 0 Å². The molecule has 0 unspecified atom stereocenters. The predicted octanol–water partition coefficient (Wildman–Crippen LogP) is 2.26. The van der Waals surface area contributed by atoms with Gasteiger partial charge in [-0.05, 0) is 31.4 Å². The summed E-state index contributed by atoms with van der Waals surface area (Å²) in [6.07, 6.45) is 5.86. The Labute approximate surface area is 208 Å². The van der Waals surface area contributed by atoms with Gasteiger partial charge in [-0.2, -0.15) is 0 Å². The fourth-order valence-electron chi connectivity index (χ4n) is 5.81. The summed E-state index contributed by atoms with van der Waals surface area (Å²) in [6.45, 7) is 2.34. The van der Waals surface area contributed by atoms with Gasteiger partial charge in [-0.25, -0.2) is 13.5 Å². The Morgan fingerprint density at radius 3 is 2.67 bits per heavy atom. The quantitative estimate of drug-likeness (QED) is 0.621. The van der Waals surface area contributed by atoms with Crippen molar-refractivity contribution in [2.75, 3.05) is 26.8 Å². The van der Waals surface area contributed by atoms with Crippen LogP contribution in [-0.2, 0) is 9.47 Å². The molecular formula is C25H33F2N5O4. The summed E-state index contributed by atoms with van der Waals surface area (Å²) in [4.78, 5) is 6.94. The van der Waals surface area contributed by atoms with Crippen LogP contribution in [0.1, 0.15) is 43.7 Å². The predicted molar refractivity (Wildman–Crippen MR) is 128 cm³/mol. The molecule has 0 radical (unpaired) electrons. The molecule has 1 aromatic carbocycles. The third-order valence-electron chi connectivity index (χ3n) is 7.79. The van der Waals surface area contributed by atoms with Gasteiger partial charge in [0.2, 0.25) is 0 Å². The molecule has 2 fully saturated rings. The normalized spacial score (nSPS) is 29.8. The average Bonchev–Trinajstić information content (AvgIpc) is 3.51. The molecule has 2 N–H and O–H groups in total. The summed E-state index contributed by atoms with van der Waals surface area (Å²) in [5.74, 6) is -1.94. The highest BCUT2D eigenvalue weighted by atomic mass is 19.2. The standard InChI is InChI=1S/C25H33F2N5O4/c1-15-6-7-16(21(27)20(15)26)17-10-32(30-29-17)22-23(34)19(12-33)36-18(24(22)35-2)11-31-13-25(28-14-31)8-4-3-5-9-25/h6-7,10,14,18-19,22-24,33-34H,3-5,8-9,11-13H2,1-2H3/t18-,19-,22+,23+,24+/m1/s1. The molecule has 3 heterocycles. The fraction of sp³-hybridized carbons (Fsp3) is 0.640. The van der Waals surface area contributed by atoms with Crippen LogP contribution in [0, 0.1) is 18.6 Å². The highest BCUT2D eigenvalue weighted by Crippen LogP contribution is 2.37. The maximum Gasteiger partial charge on any atom is 0.168 e. The van der Waals surface area contributed by atoms with Crippen molar-refractivity contribution >= 4 is 6.34 Å². The van der Waals surface area contributed by atoms with Crippen LogP contribution in [0.4, 0.5) is 8.78 Å². The lowest BCUT2D eigenvalue weighted by Crippen LogP contribution is -2.59. The molecule has 1 aromatic heterocycles. The summed E-state index contributed by atoms with van der Waals surface area (Å²) < 4.78 is 42.0. The Kier molecular flexibility index (Phi) is 7.08. The SMILES string of the molecule is CO[C@@H]1[C@@H](n2cc(-c3ccc(C)c(F)c3F)nn2)[C@@H](O)[C@@H](CO)O[C@@H]1CN1C=NC2(CCCCC2)C1. The zero-order chi connectivity index (χ0) is 25.4. The number of aromatic nitrogens is 3. The number of hydrogen-bond acceptors (Lipinski definition) is 8. The minimum absolute atomic E-state index is 0.0267. The van der Waals surface area contributed by atoms with Gasteiger partial charge >= 0.3 is 0 Å². The van der Waals surface area contributed by atoms with E-state index in [0.717, 1.165) is 19.4 Å². The highest BCUT2D eigenvalue weighted by molar-refractivity contribution is 5.60. The van der Waals surface area contributed by atoms with Gasteiger partial charge in [0.1, 0.15) is 36.2 Å². The molecule has 1 aliphatic carbocycles. The number of nitrogens with zero attached hydrogens (tertiary/aromatic N) is 5. The van der Waals surface area contributed by atoms with Gasteiger partial charge in [-0.3, -0.25) is 4.99 Å². The highest BCUT2D eigenvalue weighted by Gasteiger charge is 2.48. The van der Waals surface area contributed by atoms with Crippen molar-refractivity contribution in [3.05, 3.63) is 35.5 Å². The van der Waals surface area contributed by atoms with Crippen LogP contribution in [0.3, 0.4) is 0 Å². The number of hydrogen-bond donors (Lipinski definition) is 2. The Hall–Kier alpha value is -2.47. The number of rotatable bonds is 6. The van der Waals surface area contributed by atoms with E-state index in [2.05, 4.69) is 15.2 Å². The smallest absolute Gasteiger partial charge is 0.168 e. The summed E-state index contributed by atoms with van der Waals surface area (Å²) >= 11 is 0. The molecular weight excluding hydrogens is 472 g/mol. The summed E-state index contributed by atoms with van der Waals surface area (Å²) in [5.41, 5.74) is 0.250. The van der Waals surface area contributed by atoms with Gasteiger partial charge in [0.15, 0.2) is 11.6 Å². The first-order chi connectivity index (χ1) is 17.4. The number of aliphatic hydroxyl groups is 2. The summed E-state index contributed by atoms with van der Waals surface area (Å²) in [7, 11) is 1.52. The zero-order valence-electron chi connectivity index (χ0n) is 20.6. The van der Waals surface area contributed by atoms with E-state index in [-0.39, 0.29) is 22.4 Å². The minimum atomic E-state index is -1.16. The molecule has 11 heteroatoms. The van der Waals surface area contributed by atoms with E-state index in [1.165, 1.54) is 56.3 Å². The molecule has 2 aliphatic heterocycles. The fourth-order valence-corrected chi connectivity index (χ4v) is 5.81. The Bertz CT molecular complexity index is 1110. The third-order valence-corrected chi connectivity index (χ3v) is 7.79. The number of aryl methyl sites for hydroxylation is 1. The summed E-state index contributed by atoms with van der Waals surface area (Å²) in [5, 5.41) is 29.1. The van der Waals surface area contributed by atoms with Gasteiger partial charge in [0.25, 0.3) is 0 Å². The van der Waals surface area contributed by atoms with Crippen LogP contribution in [0.5, 0.6) is 0 Å². The van der Waals surface area contributed by atoms with Gasteiger partial charge in [0, 0.05) is 25.8 Å². The second-order valence-electron chi connectivity index (χ2n) is 10.2. The van der Waals surface area contributed by atoms with Crippen LogP contribution < -0.4 is 0 Å². The number of halogens is 2. The van der Waals surface area contributed by atoms with Gasteiger partial charge in [-0.15, -0.1) is 5.10 Å². The van der Waals surface area contributed by atoms with Crippen molar-refractivity contribution < 1.29 is 28.5 Å². The maximum absolute atomic E-state index is 14.6. The number of aliphatic hydroxyl groups excluding tert-OH is 2. The average molecular weight is 506 g/mol. The van der Waals surface area contributed by atoms with E-state index in [4.69, 9.17) is 14.5 Å². The third kappa shape index (κ3) is 4.53. The van der Waals surface area contributed by atoms with Crippen molar-refractivity contribution in [2.24, 2.45) is 4.99 Å². The topological polar surface area (TPSA) is 105 Å². The number of benzene rings is 1. The first kappa shape index (κ1) is 25.2. The molecule has 3 aliphatic rings. The lowest BCUT2D eigenvalue weighted by atomic mass is 9.82. The molecule has 5 rings (SSSR count). The molecule has 5 atom stereocenters. The van der Waals surface area contributed by atoms with Crippen molar-refractivity contribution in [2.45, 2.75) is 75.0 Å². The van der Waals surface area contributed by atoms with Crippen molar-refractivity contribution in [3.8, 4) is 11.3 Å². The minimum Gasteiger partial charge on any atom is -0.394 e. The molecule has 1 spiro atoms. The van der Waals surface area contributed by atoms with Gasteiger partial charge in [0.05, 0.1) is 24.7 Å². The number of aliphatic imine (C=N–C) groups is 1.